The molecule has 0 spiro atoms. The molecule has 0 unspecified atom stereocenters. The molecule has 1 atom stereocenters. The minimum atomic E-state index is -0.304. The van der Waals surface area contributed by atoms with Gasteiger partial charge in [0.05, 0.1) is 6.10 Å². The van der Waals surface area contributed by atoms with Crippen molar-refractivity contribution < 1.29 is 5.11 Å². The minimum Gasteiger partial charge on any atom is -0.389 e. The van der Waals surface area contributed by atoms with Crippen LogP contribution >= 0.6 is 0 Å². The number of rotatable bonds is 5. The molecule has 0 amide bonds. The van der Waals surface area contributed by atoms with Crippen LogP contribution in [0.15, 0.2) is 12.2 Å². The Kier molecular flexibility index (Phi) is 5.22. The van der Waals surface area contributed by atoms with Crippen molar-refractivity contribution in [2.45, 2.75) is 46.1 Å². The van der Waals surface area contributed by atoms with Gasteiger partial charge in [0.15, 0.2) is 0 Å². The summed E-state index contributed by atoms with van der Waals surface area (Å²) in [6.45, 7) is 10.0. The first-order valence-corrected chi connectivity index (χ1v) is 4.45. The van der Waals surface area contributed by atoms with Gasteiger partial charge in [0.1, 0.15) is 0 Å². The number of aliphatic hydroxyl groups excluding tert-OH is 1. The fraction of sp³-hybridized carbons (Fsp3) is 0.800. The van der Waals surface area contributed by atoms with Crippen molar-refractivity contribution in [1.29, 1.82) is 0 Å². The Morgan fingerprint density at radius 2 is 2.00 bits per heavy atom. The van der Waals surface area contributed by atoms with Crippen molar-refractivity contribution in [3.63, 3.8) is 0 Å². The minimum absolute atomic E-state index is 0.304. The molecule has 0 saturated heterocycles. The number of aliphatic hydroxyl groups is 1. The highest BCUT2D eigenvalue weighted by atomic mass is 16.3. The molecule has 0 radical (unpaired) electrons. The topological polar surface area (TPSA) is 20.2 Å². The number of unbranched alkanes of at least 4 members (excludes halogenated alkanes) is 1. The van der Waals surface area contributed by atoms with Crippen molar-refractivity contribution in [3.05, 3.63) is 12.2 Å². The van der Waals surface area contributed by atoms with E-state index in [2.05, 4.69) is 13.5 Å². The summed E-state index contributed by atoms with van der Waals surface area (Å²) < 4.78 is 0. The Labute approximate surface area is 70.1 Å². The molecule has 0 bridgehead atoms. The predicted octanol–water partition coefficient (Wildman–Crippen LogP) is 2.75. The molecule has 1 nitrogen and oxygen atoms in total. The van der Waals surface area contributed by atoms with Gasteiger partial charge in [-0.1, -0.05) is 33.8 Å². The van der Waals surface area contributed by atoms with Gasteiger partial charge in [0, 0.05) is 0 Å². The van der Waals surface area contributed by atoms with E-state index in [1.54, 1.807) is 0 Å². The second kappa shape index (κ2) is 5.36. The summed E-state index contributed by atoms with van der Waals surface area (Å²) in [5.41, 5.74) is 0.988. The summed E-state index contributed by atoms with van der Waals surface area (Å²) in [6, 6.07) is 0. The van der Waals surface area contributed by atoms with Gasteiger partial charge in [-0.15, -0.1) is 0 Å². The molecule has 0 heterocycles. The van der Waals surface area contributed by atoms with Gasteiger partial charge in [-0.2, -0.15) is 0 Å². The second-order valence-corrected chi connectivity index (χ2v) is 3.45. The van der Waals surface area contributed by atoms with Crippen LogP contribution in [0.4, 0.5) is 0 Å². The van der Waals surface area contributed by atoms with E-state index in [1.807, 2.05) is 13.8 Å². The summed E-state index contributed by atoms with van der Waals surface area (Å²) in [4.78, 5) is 0. The van der Waals surface area contributed by atoms with E-state index in [-0.39, 0.29) is 6.10 Å². The molecule has 0 aromatic heterocycles. The van der Waals surface area contributed by atoms with Crippen LogP contribution in [0, 0.1) is 5.92 Å². The van der Waals surface area contributed by atoms with Gasteiger partial charge >= 0.3 is 0 Å². The summed E-state index contributed by atoms with van der Waals surface area (Å²) in [5, 5.41) is 9.52. The molecule has 0 aliphatic heterocycles. The van der Waals surface area contributed by atoms with Crippen molar-refractivity contribution in [3.8, 4) is 0 Å². The van der Waals surface area contributed by atoms with Crippen molar-refractivity contribution in [1.82, 2.24) is 0 Å². The zero-order valence-corrected chi connectivity index (χ0v) is 7.93. The fourth-order valence-electron chi connectivity index (χ4n) is 1.02. The Bertz CT molecular complexity index is 116. The van der Waals surface area contributed by atoms with Gasteiger partial charge < -0.3 is 5.11 Å². The second-order valence-electron chi connectivity index (χ2n) is 3.45. The first-order chi connectivity index (χ1) is 5.09. The fourth-order valence-corrected chi connectivity index (χ4v) is 1.02. The van der Waals surface area contributed by atoms with Crippen LogP contribution in [0.1, 0.15) is 40.0 Å². The Morgan fingerprint density at radius 1 is 1.45 bits per heavy atom. The van der Waals surface area contributed by atoms with E-state index in [0.29, 0.717) is 5.92 Å². The van der Waals surface area contributed by atoms with Gasteiger partial charge in [-0.25, -0.2) is 0 Å². The molecule has 0 aromatic carbocycles. The average Bonchev–Trinajstić information content (AvgIpc) is 1.98. The summed E-state index contributed by atoms with van der Waals surface area (Å²) in [5.74, 6) is 0.305. The molecule has 1 heteroatoms. The van der Waals surface area contributed by atoms with Gasteiger partial charge in [0.2, 0.25) is 0 Å². The molecule has 0 aliphatic carbocycles. The van der Waals surface area contributed by atoms with Crippen LogP contribution in [0.5, 0.6) is 0 Å². The summed E-state index contributed by atoms with van der Waals surface area (Å²) >= 11 is 0. The smallest absolute Gasteiger partial charge is 0.0770 e. The van der Waals surface area contributed by atoms with E-state index in [0.717, 1.165) is 18.4 Å². The van der Waals surface area contributed by atoms with E-state index < -0.39 is 0 Å². The van der Waals surface area contributed by atoms with Crippen LogP contribution in [0.25, 0.3) is 0 Å². The van der Waals surface area contributed by atoms with Crippen LogP contribution in [-0.4, -0.2) is 11.2 Å². The van der Waals surface area contributed by atoms with Gasteiger partial charge in [0.25, 0.3) is 0 Å². The van der Waals surface area contributed by atoms with Crippen molar-refractivity contribution >= 4 is 0 Å². The molecular weight excluding hydrogens is 136 g/mol. The number of hydrogen-bond donors (Lipinski definition) is 1. The first-order valence-electron chi connectivity index (χ1n) is 4.45. The third-order valence-corrected chi connectivity index (χ3v) is 1.90. The van der Waals surface area contributed by atoms with Crippen LogP contribution in [-0.2, 0) is 0 Å². The Balaban J connectivity index is 3.64. The van der Waals surface area contributed by atoms with Crippen LogP contribution < -0.4 is 0 Å². The van der Waals surface area contributed by atoms with Crippen molar-refractivity contribution in [2.75, 3.05) is 0 Å². The molecule has 0 rings (SSSR count). The molecule has 0 saturated carbocycles. The molecular formula is C10H20O. The zero-order chi connectivity index (χ0) is 8.85. The maximum absolute atomic E-state index is 9.52. The molecule has 1 N–H and O–H groups in total. The van der Waals surface area contributed by atoms with Crippen LogP contribution in [0.2, 0.25) is 0 Å². The molecule has 66 valence electrons. The maximum Gasteiger partial charge on any atom is 0.0770 e. The Hall–Kier alpha value is -0.300. The van der Waals surface area contributed by atoms with Gasteiger partial charge in [-0.05, 0) is 24.3 Å². The quantitative estimate of drug-likeness (QED) is 0.607. The number of hydrogen-bond acceptors (Lipinski definition) is 1. The van der Waals surface area contributed by atoms with E-state index in [4.69, 9.17) is 0 Å². The normalized spacial score (nSPS) is 13.5. The average molecular weight is 156 g/mol. The van der Waals surface area contributed by atoms with E-state index in [9.17, 15) is 5.11 Å². The Morgan fingerprint density at radius 3 is 2.36 bits per heavy atom. The molecule has 0 aromatic rings. The SMILES string of the molecule is C=C(CCCC)[C@H](O)C(C)C. The van der Waals surface area contributed by atoms with Crippen LogP contribution in [0.3, 0.4) is 0 Å². The lowest BCUT2D eigenvalue weighted by atomic mass is 9.96. The highest BCUT2D eigenvalue weighted by Gasteiger charge is 2.11. The summed E-state index contributed by atoms with van der Waals surface area (Å²) in [6.07, 6.45) is 2.98. The van der Waals surface area contributed by atoms with Crippen molar-refractivity contribution in [2.24, 2.45) is 5.92 Å². The molecule has 0 fully saturated rings. The zero-order valence-electron chi connectivity index (χ0n) is 7.93. The van der Waals surface area contributed by atoms with E-state index >= 15 is 0 Å². The lowest BCUT2D eigenvalue weighted by molar-refractivity contribution is 0.156. The first kappa shape index (κ1) is 10.7. The summed E-state index contributed by atoms with van der Waals surface area (Å²) in [7, 11) is 0. The van der Waals surface area contributed by atoms with E-state index in [1.165, 1.54) is 6.42 Å². The maximum atomic E-state index is 9.52. The monoisotopic (exact) mass is 156 g/mol. The molecule has 11 heavy (non-hydrogen) atoms. The highest BCUT2D eigenvalue weighted by Crippen LogP contribution is 2.15. The lowest BCUT2D eigenvalue weighted by Crippen LogP contribution is -2.16. The largest absolute Gasteiger partial charge is 0.389 e. The third-order valence-electron chi connectivity index (χ3n) is 1.90. The standard InChI is InChI=1S/C10H20O/c1-5-6-7-9(4)10(11)8(2)3/h8,10-11H,4-7H2,1-3H3/t10-/m1/s1. The molecule has 0 aliphatic rings. The van der Waals surface area contributed by atoms with Gasteiger partial charge in [-0.3, -0.25) is 0 Å². The predicted molar refractivity (Wildman–Crippen MR) is 49.5 cm³/mol. The third kappa shape index (κ3) is 4.20. The lowest BCUT2D eigenvalue weighted by Gasteiger charge is -2.16. The highest BCUT2D eigenvalue weighted by molar-refractivity contribution is 5.02.